The average molecular weight is 416 g/mol. The van der Waals surface area contributed by atoms with E-state index in [0.717, 1.165) is 28.8 Å². The molecule has 31 heavy (non-hydrogen) atoms. The number of rotatable bonds is 3. The highest BCUT2D eigenvalue weighted by Crippen LogP contribution is 2.44. The topological polar surface area (TPSA) is 93.3 Å². The van der Waals surface area contributed by atoms with E-state index in [1.807, 2.05) is 30.3 Å². The van der Waals surface area contributed by atoms with Crippen molar-refractivity contribution in [3.05, 3.63) is 81.0 Å². The number of para-hydroxylation sites is 1. The minimum atomic E-state index is -0.945. The molecular formula is C25H24N2O4. The first-order valence-electron chi connectivity index (χ1n) is 10.3. The fourth-order valence-electron chi connectivity index (χ4n) is 4.27. The maximum atomic E-state index is 12.3. The number of carboxylic acid groups (broad SMARTS) is 1. The highest BCUT2D eigenvalue weighted by atomic mass is 16.6. The molecule has 6 nitrogen and oxygen atoms in total. The van der Waals surface area contributed by atoms with Gasteiger partial charge in [-0.1, -0.05) is 39.0 Å². The standard InChI is InChI=1S/C25H24N2O4/c1-25(2,3)17-13-16(12-15-8-10-18(11-9-15)27(30)31)23-20(14-17)22(24(28)29)19-6-4-5-7-21(19)26-23/h4-12,17H,13-14H2,1-3H3,(H,28,29). The summed E-state index contributed by atoms with van der Waals surface area (Å²) in [4.78, 5) is 27.7. The average Bonchev–Trinajstić information content (AvgIpc) is 2.71. The van der Waals surface area contributed by atoms with Gasteiger partial charge in [0.2, 0.25) is 0 Å². The SMILES string of the molecule is CC(C)(C)C1CC(=Cc2ccc([N+](=O)[O-])cc2)c2nc3ccccc3c(C(=O)O)c2C1. The molecule has 1 aliphatic carbocycles. The summed E-state index contributed by atoms with van der Waals surface area (Å²) < 4.78 is 0. The molecule has 0 spiro atoms. The number of hydrogen-bond acceptors (Lipinski definition) is 4. The van der Waals surface area contributed by atoms with Gasteiger partial charge in [-0.15, -0.1) is 0 Å². The first kappa shape index (κ1) is 20.7. The Bertz CT molecular complexity index is 1220. The summed E-state index contributed by atoms with van der Waals surface area (Å²) in [6.07, 6.45) is 3.39. The van der Waals surface area contributed by atoms with E-state index in [-0.39, 0.29) is 17.0 Å². The molecule has 1 aliphatic rings. The molecule has 1 atom stereocenters. The van der Waals surface area contributed by atoms with Gasteiger partial charge in [-0.25, -0.2) is 9.78 Å². The number of benzene rings is 2. The van der Waals surface area contributed by atoms with E-state index < -0.39 is 10.9 Å². The second-order valence-electron chi connectivity index (χ2n) is 9.13. The third-order valence-corrected chi connectivity index (χ3v) is 6.10. The van der Waals surface area contributed by atoms with Gasteiger partial charge in [-0.3, -0.25) is 10.1 Å². The number of fused-ring (bicyclic) bond motifs is 2. The fraction of sp³-hybridized carbons (Fsp3) is 0.280. The van der Waals surface area contributed by atoms with Gasteiger partial charge in [-0.2, -0.15) is 0 Å². The van der Waals surface area contributed by atoms with Crippen molar-refractivity contribution >= 4 is 34.2 Å². The van der Waals surface area contributed by atoms with Crippen LogP contribution in [-0.2, 0) is 6.42 Å². The van der Waals surface area contributed by atoms with Gasteiger partial charge >= 0.3 is 5.97 Å². The van der Waals surface area contributed by atoms with Crippen LogP contribution in [0.15, 0.2) is 48.5 Å². The Balaban J connectivity index is 1.94. The maximum absolute atomic E-state index is 12.3. The Labute approximate surface area is 180 Å². The van der Waals surface area contributed by atoms with E-state index in [9.17, 15) is 20.0 Å². The molecule has 0 amide bonds. The van der Waals surface area contributed by atoms with Crippen molar-refractivity contribution in [2.45, 2.75) is 33.6 Å². The molecule has 0 fully saturated rings. The van der Waals surface area contributed by atoms with Crippen LogP contribution < -0.4 is 0 Å². The van der Waals surface area contributed by atoms with E-state index >= 15 is 0 Å². The molecule has 6 heteroatoms. The molecular weight excluding hydrogens is 392 g/mol. The normalized spacial score (nSPS) is 17.5. The maximum Gasteiger partial charge on any atom is 0.336 e. The smallest absolute Gasteiger partial charge is 0.336 e. The molecule has 1 aromatic heterocycles. The number of nitrogens with zero attached hydrogens (tertiary/aromatic N) is 2. The van der Waals surface area contributed by atoms with Crippen molar-refractivity contribution in [3.63, 3.8) is 0 Å². The largest absolute Gasteiger partial charge is 0.478 e. The van der Waals surface area contributed by atoms with Gasteiger partial charge in [0.25, 0.3) is 5.69 Å². The third-order valence-electron chi connectivity index (χ3n) is 6.10. The number of aromatic carboxylic acids is 1. The summed E-state index contributed by atoms with van der Waals surface area (Å²) in [6, 6.07) is 13.7. The lowest BCUT2D eigenvalue weighted by Crippen LogP contribution is -2.28. The fourth-order valence-corrected chi connectivity index (χ4v) is 4.27. The van der Waals surface area contributed by atoms with E-state index in [1.54, 1.807) is 12.1 Å². The molecule has 2 aromatic carbocycles. The summed E-state index contributed by atoms with van der Waals surface area (Å²) in [5, 5.41) is 21.7. The van der Waals surface area contributed by atoms with Crippen LogP contribution in [0, 0.1) is 21.4 Å². The number of hydrogen-bond donors (Lipinski definition) is 1. The Morgan fingerprint density at radius 2 is 1.81 bits per heavy atom. The lowest BCUT2D eigenvalue weighted by atomic mass is 9.69. The predicted octanol–water partition coefficient (Wildman–Crippen LogP) is 5.99. The summed E-state index contributed by atoms with van der Waals surface area (Å²) in [6.45, 7) is 6.50. The third kappa shape index (κ3) is 3.93. The van der Waals surface area contributed by atoms with Crippen LogP contribution >= 0.6 is 0 Å². The molecule has 158 valence electrons. The number of pyridine rings is 1. The van der Waals surface area contributed by atoms with Gasteiger partial charge < -0.3 is 5.11 Å². The number of carboxylic acids is 1. The molecule has 4 rings (SSSR count). The summed E-state index contributed by atoms with van der Waals surface area (Å²) >= 11 is 0. The van der Waals surface area contributed by atoms with Crippen molar-refractivity contribution in [2.24, 2.45) is 11.3 Å². The molecule has 1 unspecified atom stereocenters. The van der Waals surface area contributed by atoms with Crippen molar-refractivity contribution in [1.29, 1.82) is 0 Å². The lowest BCUT2D eigenvalue weighted by Gasteiger charge is -2.36. The molecule has 0 radical (unpaired) electrons. The molecule has 3 aromatic rings. The molecule has 0 aliphatic heterocycles. The summed E-state index contributed by atoms with van der Waals surface area (Å²) in [7, 11) is 0. The zero-order valence-electron chi connectivity index (χ0n) is 17.8. The number of carbonyl (C=O) groups is 1. The minimum Gasteiger partial charge on any atom is -0.478 e. The number of aromatic nitrogens is 1. The quantitative estimate of drug-likeness (QED) is 0.418. The number of allylic oxidation sites excluding steroid dienone is 1. The second-order valence-corrected chi connectivity index (χ2v) is 9.13. The van der Waals surface area contributed by atoms with Gasteiger partial charge in [0.05, 0.1) is 21.7 Å². The van der Waals surface area contributed by atoms with Crippen LogP contribution in [0.25, 0.3) is 22.6 Å². The van der Waals surface area contributed by atoms with Crippen molar-refractivity contribution in [1.82, 2.24) is 4.98 Å². The van der Waals surface area contributed by atoms with E-state index in [2.05, 4.69) is 20.8 Å². The van der Waals surface area contributed by atoms with Crippen molar-refractivity contribution < 1.29 is 14.8 Å². The Hall–Kier alpha value is -3.54. The summed E-state index contributed by atoms with van der Waals surface area (Å²) in [5.74, 6) is -0.704. The Morgan fingerprint density at radius 1 is 1.13 bits per heavy atom. The van der Waals surface area contributed by atoms with E-state index in [4.69, 9.17) is 4.98 Å². The number of nitro benzene ring substituents is 1. The van der Waals surface area contributed by atoms with E-state index in [1.165, 1.54) is 12.1 Å². The highest BCUT2D eigenvalue weighted by molar-refractivity contribution is 6.06. The minimum absolute atomic E-state index is 0.0202. The van der Waals surface area contributed by atoms with Crippen LogP contribution in [0.1, 0.15) is 54.4 Å². The highest BCUT2D eigenvalue weighted by Gasteiger charge is 2.35. The monoisotopic (exact) mass is 416 g/mol. The van der Waals surface area contributed by atoms with Crippen LogP contribution in [-0.4, -0.2) is 21.0 Å². The molecule has 0 saturated heterocycles. The van der Waals surface area contributed by atoms with Crippen LogP contribution in [0.2, 0.25) is 0 Å². The predicted molar refractivity (Wildman–Crippen MR) is 121 cm³/mol. The van der Waals surface area contributed by atoms with Crippen molar-refractivity contribution in [2.75, 3.05) is 0 Å². The lowest BCUT2D eigenvalue weighted by molar-refractivity contribution is -0.384. The molecule has 0 saturated carbocycles. The van der Waals surface area contributed by atoms with Crippen LogP contribution in [0.3, 0.4) is 0 Å². The van der Waals surface area contributed by atoms with Crippen LogP contribution in [0.5, 0.6) is 0 Å². The zero-order valence-corrected chi connectivity index (χ0v) is 17.8. The Kier molecular flexibility index (Phi) is 5.09. The molecule has 0 bridgehead atoms. The number of non-ortho nitro benzene ring substituents is 1. The zero-order chi connectivity index (χ0) is 22.3. The first-order valence-corrected chi connectivity index (χ1v) is 10.3. The van der Waals surface area contributed by atoms with Gasteiger partial charge in [0.15, 0.2) is 0 Å². The Morgan fingerprint density at radius 3 is 2.42 bits per heavy atom. The number of nitro groups is 1. The molecule has 1 N–H and O–H groups in total. The second kappa shape index (κ2) is 7.61. The first-order chi connectivity index (χ1) is 14.6. The summed E-state index contributed by atoms with van der Waals surface area (Å²) in [5.41, 5.74) is 4.27. The molecule has 1 heterocycles. The van der Waals surface area contributed by atoms with Gasteiger partial charge in [-0.05, 0) is 65.1 Å². The van der Waals surface area contributed by atoms with E-state index in [0.29, 0.717) is 22.9 Å². The van der Waals surface area contributed by atoms with Gasteiger partial charge in [0, 0.05) is 17.5 Å². The van der Waals surface area contributed by atoms with Crippen molar-refractivity contribution in [3.8, 4) is 0 Å². The van der Waals surface area contributed by atoms with Crippen LogP contribution in [0.4, 0.5) is 5.69 Å². The van der Waals surface area contributed by atoms with Gasteiger partial charge in [0.1, 0.15) is 0 Å².